The molecule has 0 bridgehead atoms. The minimum absolute atomic E-state index is 0.244. The number of carboxylic acids is 1. The molecule has 8 heteroatoms. The number of aliphatic carboxylic acids is 1. The Morgan fingerprint density at radius 2 is 2.04 bits per heavy atom. The third-order valence-electron chi connectivity index (χ3n) is 4.17. The molecule has 0 aliphatic carbocycles. The molecule has 0 N–H and O–H groups in total. The van der Waals surface area contributed by atoms with Crippen molar-refractivity contribution in [3.63, 3.8) is 0 Å². The third-order valence-corrected chi connectivity index (χ3v) is 5.06. The van der Waals surface area contributed by atoms with Crippen LogP contribution in [0.2, 0.25) is 0 Å². The SMILES string of the molecule is Cc1occc1-c1nnc(SCC(=O)[O-])n1/N=C\c1cccc2ccccc12. The first-order valence-corrected chi connectivity index (χ1v) is 9.46. The number of hydrogen-bond donors (Lipinski definition) is 0. The second-order valence-electron chi connectivity index (χ2n) is 5.98. The van der Waals surface area contributed by atoms with Gasteiger partial charge in [0.2, 0.25) is 5.16 Å². The van der Waals surface area contributed by atoms with Crippen molar-refractivity contribution in [1.29, 1.82) is 0 Å². The second-order valence-corrected chi connectivity index (χ2v) is 6.92. The molecule has 4 aromatic rings. The summed E-state index contributed by atoms with van der Waals surface area (Å²) in [7, 11) is 0. The maximum atomic E-state index is 10.9. The van der Waals surface area contributed by atoms with E-state index < -0.39 is 5.97 Å². The minimum Gasteiger partial charge on any atom is -0.549 e. The van der Waals surface area contributed by atoms with Crippen LogP contribution < -0.4 is 5.11 Å². The molecule has 0 aliphatic heterocycles. The number of aryl methyl sites for hydroxylation is 1. The van der Waals surface area contributed by atoms with E-state index in [1.807, 2.05) is 49.4 Å². The number of carbonyl (C=O) groups is 1. The maximum Gasteiger partial charge on any atom is 0.212 e. The van der Waals surface area contributed by atoms with Crippen molar-refractivity contribution in [1.82, 2.24) is 14.9 Å². The molecule has 0 amide bonds. The van der Waals surface area contributed by atoms with E-state index in [1.54, 1.807) is 18.5 Å². The molecule has 0 aliphatic rings. The summed E-state index contributed by atoms with van der Waals surface area (Å²) >= 11 is 1.00. The van der Waals surface area contributed by atoms with Gasteiger partial charge in [0.15, 0.2) is 5.82 Å². The highest BCUT2D eigenvalue weighted by molar-refractivity contribution is 7.99. The zero-order chi connectivity index (χ0) is 19.5. The number of hydrogen-bond acceptors (Lipinski definition) is 7. The number of thioether (sulfide) groups is 1. The summed E-state index contributed by atoms with van der Waals surface area (Å²) in [5.41, 5.74) is 1.67. The molecule has 0 unspecified atom stereocenters. The van der Waals surface area contributed by atoms with Crippen molar-refractivity contribution in [3.8, 4) is 11.4 Å². The van der Waals surface area contributed by atoms with Crippen molar-refractivity contribution >= 4 is 34.7 Å². The quantitative estimate of drug-likeness (QED) is 0.370. The number of carboxylic acid groups (broad SMARTS) is 1. The predicted octanol–water partition coefficient (Wildman–Crippen LogP) is 2.72. The number of fused-ring (bicyclic) bond motifs is 1. The van der Waals surface area contributed by atoms with Gasteiger partial charge >= 0.3 is 0 Å². The summed E-state index contributed by atoms with van der Waals surface area (Å²) in [5.74, 6) is -0.278. The van der Waals surface area contributed by atoms with E-state index in [0.717, 1.165) is 33.7 Å². The van der Waals surface area contributed by atoms with Crippen LogP contribution in [0.15, 0.2) is 69.5 Å². The fourth-order valence-corrected chi connectivity index (χ4v) is 3.45. The number of rotatable bonds is 6. The van der Waals surface area contributed by atoms with Crippen LogP contribution in [-0.4, -0.2) is 32.8 Å². The lowest BCUT2D eigenvalue weighted by Crippen LogP contribution is -2.24. The Bertz CT molecular complexity index is 1170. The Balaban J connectivity index is 1.78. The minimum atomic E-state index is -1.18. The average Bonchev–Trinajstić information content (AvgIpc) is 3.30. The largest absolute Gasteiger partial charge is 0.549 e. The van der Waals surface area contributed by atoms with E-state index >= 15 is 0 Å². The Kier molecular flexibility index (Phi) is 4.94. The molecule has 28 heavy (non-hydrogen) atoms. The van der Waals surface area contributed by atoms with Gasteiger partial charge in [-0.15, -0.1) is 10.2 Å². The van der Waals surface area contributed by atoms with Crippen LogP contribution in [0.4, 0.5) is 0 Å². The molecule has 0 radical (unpaired) electrons. The van der Waals surface area contributed by atoms with Crippen LogP contribution >= 0.6 is 11.8 Å². The van der Waals surface area contributed by atoms with Crippen molar-refractivity contribution < 1.29 is 14.3 Å². The molecule has 2 aromatic heterocycles. The van der Waals surface area contributed by atoms with Crippen LogP contribution in [-0.2, 0) is 4.79 Å². The van der Waals surface area contributed by atoms with E-state index in [-0.39, 0.29) is 5.75 Å². The van der Waals surface area contributed by atoms with Gasteiger partial charge in [0.25, 0.3) is 0 Å². The first kappa shape index (κ1) is 18.0. The van der Waals surface area contributed by atoms with Gasteiger partial charge in [0.1, 0.15) is 5.76 Å². The fraction of sp³-hybridized carbons (Fsp3) is 0.100. The number of aromatic nitrogens is 3. The molecular weight excluding hydrogens is 376 g/mol. The van der Waals surface area contributed by atoms with E-state index in [1.165, 1.54) is 4.68 Å². The second kappa shape index (κ2) is 7.69. The van der Waals surface area contributed by atoms with Gasteiger partial charge in [-0.25, -0.2) is 0 Å². The summed E-state index contributed by atoms with van der Waals surface area (Å²) in [6.07, 6.45) is 3.28. The van der Waals surface area contributed by atoms with Crippen molar-refractivity contribution in [2.45, 2.75) is 12.1 Å². The molecule has 2 heterocycles. The van der Waals surface area contributed by atoms with Gasteiger partial charge < -0.3 is 14.3 Å². The number of furan rings is 1. The van der Waals surface area contributed by atoms with E-state index in [2.05, 4.69) is 15.3 Å². The van der Waals surface area contributed by atoms with Crippen LogP contribution in [0.1, 0.15) is 11.3 Å². The smallest absolute Gasteiger partial charge is 0.212 e. The monoisotopic (exact) mass is 391 g/mol. The van der Waals surface area contributed by atoms with E-state index in [0.29, 0.717) is 16.7 Å². The van der Waals surface area contributed by atoms with Gasteiger partial charge in [-0.3, -0.25) is 0 Å². The Morgan fingerprint density at radius 1 is 1.21 bits per heavy atom. The summed E-state index contributed by atoms with van der Waals surface area (Å²) in [4.78, 5) is 10.9. The number of nitrogens with zero attached hydrogens (tertiary/aromatic N) is 4. The average molecular weight is 391 g/mol. The highest BCUT2D eigenvalue weighted by Gasteiger charge is 2.17. The molecule has 2 aromatic carbocycles. The normalized spacial score (nSPS) is 11.5. The Hall–Kier alpha value is -3.39. The third kappa shape index (κ3) is 3.54. The first-order valence-electron chi connectivity index (χ1n) is 8.48. The molecule has 0 fully saturated rings. The Morgan fingerprint density at radius 3 is 2.82 bits per heavy atom. The maximum absolute atomic E-state index is 10.9. The number of carbonyl (C=O) groups excluding carboxylic acids is 1. The Labute approximate surface area is 164 Å². The van der Waals surface area contributed by atoms with Gasteiger partial charge in [-0.05, 0) is 23.8 Å². The molecular formula is C20H15N4O3S-. The van der Waals surface area contributed by atoms with Crippen LogP contribution in [0.25, 0.3) is 22.2 Å². The molecule has 0 saturated carbocycles. The summed E-state index contributed by atoms with van der Waals surface area (Å²) in [5, 5.41) is 26.2. The lowest BCUT2D eigenvalue weighted by molar-refractivity contribution is -0.301. The lowest BCUT2D eigenvalue weighted by atomic mass is 10.1. The summed E-state index contributed by atoms with van der Waals surface area (Å²) < 4.78 is 6.88. The van der Waals surface area contributed by atoms with E-state index in [9.17, 15) is 9.90 Å². The molecule has 0 saturated heterocycles. The van der Waals surface area contributed by atoms with E-state index in [4.69, 9.17) is 4.42 Å². The highest BCUT2D eigenvalue weighted by atomic mass is 32.2. The predicted molar refractivity (Wildman–Crippen MR) is 105 cm³/mol. The zero-order valence-electron chi connectivity index (χ0n) is 14.9. The first-order chi connectivity index (χ1) is 13.6. The van der Waals surface area contributed by atoms with Crippen molar-refractivity contribution in [2.75, 3.05) is 5.75 Å². The van der Waals surface area contributed by atoms with Crippen molar-refractivity contribution in [3.05, 3.63) is 66.1 Å². The molecule has 0 spiro atoms. The zero-order valence-corrected chi connectivity index (χ0v) is 15.7. The number of benzene rings is 2. The fourth-order valence-electron chi connectivity index (χ4n) is 2.85. The summed E-state index contributed by atoms with van der Waals surface area (Å²) in [6, 6.07) is 15.7. The lowest BCUT2D eigenvalue weighted by Gasteiger charge is -2.05. The molecule has 7 nitrogen and oxygen atoms in total. The summed E-state index contributed by atoms with van der Waals surface area (Å²) in [6.45, 7) is 1.82. The van der Waals surface area contributed by atoms with Crippen molar-refractivity contribution in [2.24, 2.45) is 5.10 Å². The molecule has 140 valence electrons. The van der Waals surface area contributed by atoms with Crippen LogP contribution in [0.3, 0.4) is 0 Å². The highest BCUT2D eigenvalue weighted by Crippen LogP contribution is 2.27. The topological polar surface area (TPSA) is 96.3 Å². The van der Waals surface area contributed by atoms with Gasteiger partial charge in [0.05, 0.1) is 24.0 Å². The van der Waals surface area contributed by atoms with Gasteiger partial charge in [-0.2, -0.15) is 9.78 Å². The van der Waals surface area contributed by atoms with Crippen LogP contribution in [0, 0.1) is 6.92 Å². The molecule has 0 atom stereocenters. The van der Waals surface area contributed by atoms with Gasteiger partial charge in [-0.1, -0.05) is 54.2 Å². The molecule has 4 rings (SSSR count). The standard InChI is InChI=1S/C20H16N4O3S/c1-13-16(9-10-27-13)19-22-23-20(28-12-18(25)26)24(19)21-11-15-7-4-6-14-5-2-3-8-17(14)15/h2-11H,12H2,1H3,(H,25,26)/p-1/b21-11-. The van der Waals surface area contributed by atoms with Crippen LogP contribution in [0.5, 0.6) is 0 Å². The van der Waals surface area contributed by atoms with Gasteiger partial charge in [0, 0.05) is 11.3 Å².